The molecule has 0 saturated carbocycles. The van der Waals surface area contributed by atoms with Gasteiger partial charge in [0.2, 0.25) is 0 Å². The summed E-state index contributed by atoms with van der Waals surface area (Å²) in [5, 5.41) is 0.634. The van der Waals surface area contributed by atoms with E-state index in [1.54, 1.807) is 30.3 Å². The van der Waals surface area contributed by atoms with Crippen LogP contribution in [-0.2, 0) is 0 Å². The number of rotatable bonds is 4. The average Bonchev–Trinajstić information content (AvgIpc) is 2.61. The first-order chi connectivity index (χ1) is 11.6. The van der Waals surface area contributed by atoms with Gasteiger partial charge in [-0.25, -0.2) is 0 Å². The quantitative estimate of drug-likeness (QED) is 0.621. The lowest BCUT2D eigenvalue weighted by Crippen LogP contribution is -2.44. The van der Waals surface area contributed by atoms with Crippen LogP contribution in [0.25, 0.3) is 6.08 Å². The highest BCUT2D eigenvalue weighted by Gasteiger charge is 2.13. The Labute approximate surface area is 148 Å². The Hall–Kier alpha value is -2.10. The number of carbonyl (C=O) groups excluding carboxylic acids is 1. The smallest absolute Gasteiger partial charge is 0.185 e. The molecular formula is C20H21ClN2O. The minimum absolute atomic E-state index is 0.0187. The van der Waals surface area contributed by atoms with Crippen molar-refractivity contribution >= 4 is 29.1 Å². The van der Waals surface area contributed by atoms with Crippen molar-refractivity contribution in [2.45, 2.75) is 0 Å². The van der Waals surface area contributed by atoms with Gasteiger partial charge in [-0.2, -0.15) is 0 Å². The third kappa shape index (κ3) is 4.25. The summed E-state index contributed by atoms with van der Waals surface area (Å²) in [6, 6.07) is 15.3. The van der Waals surface area contributed by atoms with Gasteiger partial charge in [0.15, 0.2) is 5.78 Å². The second-order valence-corrected chi connectivity index (χ2v) is 6.52. The fourth-order valence-corrected chi connectivity index (χ4v) is 2.87. The SMILES string of the molecule is CN1CCN(c2ccc(C=CC(=O)c3ccc(Cl)cc3)cc2)CC1. The molecule has 1 fully saturated rings. The van der Waals surface area contributed by atoms with E-state index in [4.69, 9.17) is 11.6 Å². The first-order valence-corrected chi connectivity index (χ1v) is 8.51. The number of benzene rings is 2. The van der Waals surface area contributed by atoms with Crippen molar-refractivity contribution in [2.75, 3.05) is 38.1 Å². The standard InChI is InChI=1S/C20H21ClN2O/c1-22-12-14-23(15-13-22)19-9-2-16(3-10-19)4-11-20(24)17-5-7-18(21)8-6-17/h2-11H,12-15H2,1H3. The van der Waals surface area contributed by atoms with Crippen molar-refractivity contribution in [3.8, 4) is 0 Å². The fourth-order valence-electron chi connectivity index (χ4n) is 2.74. The molecule has 24 heavy (non-hydrogen) atoms. The van der Waals surface area contributed by atoms with Gasteiger partial charge >= 0.3 is 0 Å². The average molecular weight is 341 g/mol. The van der Waals surface area contributed by atoms with Gasteiger partial charge in [-0.1, -0.05) is 29.8 Å². The second-order valence-electron chi connectivity index (χ2n) is 6.09. The number of hydrogen-bond acceptors (Lipinski definition) is 3. The van der Waals surface area contributed by atoms with Crippen molar-refractivity contribution in [2.24, 2.45) is 0 Å². The van der Waals surface area contributed by atoms with Crippen LogP contribution in [0.5, 0.6) is 0 Å². The number of ketones is 1. The molecule has 3 rings (SSSR count). The summed E-state index contributed by atoms with van der Waals surface area (Å²) in [5.41, 5.74) is 2.91. The maximum absolute atomic E-state index is 12.1. The zero-order valence-corrected chi connectivity index (χ0v) is 14.5. The minimum atomic E-state index is -0.0187. The molecule has 0 atom stereocenters. The number of piperazine rings is 1. The van der Waals surface area contributed by atoms with Crippen LogP contribution in [0, 0.1) is 0 Å². The van der Waals surface area contributed by atoms with E-state index in [-0.39, 0.29) is 5.78 Å². The van der Waals surface area contributed by atoms with Crippen LogP contribution in [0.2, 0.25) is 5.02 Å². The number of likely N-dealkylation sites (N-methyl/N-ethyl adjacent to an activating group) is 1. The van der Waals surface area contributed by atoms with E-state index >= 15 is 0 Å². The molecule has 2 aromatic rings. The molecule has 1 aliphatic rings. The van der Waals surface area contributed by atoms with Gasteiger partial charge in [-0.15, -0.1) is 0 Å². The predicted molar refractivity (Wildman–Crippen MR) is 101 cm³/mol. The van der Waals surface area contributed by atoms with Gasteiger partial charge in [0, 0.05) is 42.5 Å². The van der Waals surface area contributed by atoms with Crippen LogP contribution in [-0.4, -0.2) is 43.9 Å². The van der Waals surface area contributed by atoms with E-state index in [0.717, 1.165) is 31.7 Å². The molecule has 1 heterocycles. The van der Waals surface area contributed by atoms with Crippen molar-refractivity contribution in [1.82, 2.24) is 4.90 Å². The monoisotopic (exact) mass is 340 g/mol. The molecule has 3 nitrogen and oxygen atoms in total. The third-order valence-corrected chi connectivity index (χ3v) is 4.57. The molecule has 0 aliphatic carbocycles. The highest BCUT2D eigenvalue weighted by Crippen LogP contribution is 2.18. The van der Waals surface area contributed by atoms with Crippen molar-refractivity contribution < 1.29 is 4.79 Å². The van der Waals surface area contributed by atoms with Gasteiger partial charge in [0.25, 0.3) is 0 Å². The summed E-state index contributed by atoms with van der Waals surface area (Å²) in [4.78, 5) is 16.9. The van der Waals surface area contributed by atoms with E-state index in [2.05, 4.69) is 41.1 Å². The second kappa shape index (κ2) is 7.65. The van der Waals surface area contributed by atoms with Crippen molar-refractivity contribution in [1.29, 1.82) is 0 Å². The Bertz CT molecular complexity index is 714. The topological polar surface area (TPSA) is 23.6 Å². The minimum Gasteiger partial charge on any atom is -0.369 e. The third-order valence-electron chi connectivity index (χ3n) is 4.32. The lowest BCUT2D eigenvalue weighted by atomic mass is 10.1. The maximum atomic E-state index is 12.1. The van der Waals surface area contributed by atoms with Crippen LogP contribution >= 0.6 is 11.6 Å². The Morgan fingerprint density at radius 3 is 2.21 bits per heavy atom. The number of carbonyl (C=O) groups is 1. The Balaban J connectivity index is 1.63. The van der Waals surface area contributed by atoms with Crippen molar-refractivity contribution in [3.63, 3.8) is 0 Å². The summed E-state index contributed by atoms with van der Waals surface area (Å²) in [7, 11) is 2.16. The molecule has 0 N–H and O–H groups in total. The molecule has 0 aromatic heterocycles. The van der Waals surface area contributed by atoms with Crippen LogP contribution in [0.3, 0.4) is 0 Å². The zero-order valence-electron chi connectivity index (χ0n) is 13.8. The largest absolute Gasteiger partial charge is 0.369 e. The summed E-state index contributed by atoms with van der Waals surface area (Å²) < 4.78 is 0. The van der Waals surface area contributed by atoms with Crippen LogP contribution in [0.15, 0.2) is 54.6 Å². The number of halogens is 1. The highest BCUT2D eigenvalue weighted by molar-refractivity contribution is 6.30. The molecule has 4 heteroatoms. The van der Waals surface area contributed by atoms with E-state index in [9.17, 15) is 4.79 Å². The molecule has 1 aliphatic heterocycles. The summed E-state index contributed by atoms with van der Waals surface area (Å²) in [5.74, 6) is -0.0187. The summed E-state index contributed by atoms with van der Waals surface area (Å²) >= 11 is 5.84. The number of nitrogens with zero attached hydrogens (tertiary/aromatic N) is 2. The van der Waals surface area contributed by atoms with Crippen LogP contribution in [0.1, 0.15) is 15.9 Å². The van der Waals surface area contributed by atoms with E-state index in [1.807, 2.05) is 6.08 Å². The molecular weight excluding hydrogens is 320 g/mol. The van der Waals surface area contributed by atoms with E-state index in [1.165, 1.54) is 5.69 Å². The highest BCUT2D eigenvalue weighted by atomic mass is 35.5. The first-order valence-electron chi connectivity index (χ1n) is 8.13. The molecule has 0 amide bonds. The molecule has 0 bridgehead atoms. The molecule has 124 valence electrons. The Kier molecular flexibility index (Phi) is 5.34. The van der Waals surface area contributed by atoms with Gasteiger partial charge in [0.1, 0.15) is 0 Å². The van der Waals surface area contributed by atoms with Crippen molar-refractivity contribution in [3.05, 3.63) is 70.8 Å². The van der Waals surface area contributed by atoms with Gasteiger partial charge in [0.05, 0.1) is 0 Å². The molecule has 0 radical (unpaired) electrons. The molecule has 1 saturated heterocycles. The Morgan fingerprint density at radius 1 is 0.958 bits per heavy atom. The first kappa shape index (κ1) is 16.7. The van der Waals surface area contributed by atoms with Crippen LogP contribution in [0.4, 0.5) is 5.69 Å². The lowest BCUT2D eigenvalue weighted by molar-refractivity contribution is 0.104. The van der Waals surface area contributed by atoms with Gasteiger partial charge < -0.3 is 9.80 Å². The van der Waals surface area contributed by atoms with Crippen LogP contribution < -0.4 is 4.90 Å². The Morgan fingerprint density at radius 2 is 1.58 bits per heavy atom. The maximum Gasteiger partial charge on any atom is 0.185 e. The predicted octanol–water partition coefficient (Wildman–Crippen LogP) is 3.99. The van der Waals surface area contributed by atoms with Gasteiger partial charge in [-0.05, 0) is 55.1 Å². The zero-order chi connectivity index (χ0) is 16.9. The number of hydrogen-bond donors (Lipinski definition) is 0. The lowest BCUT2D eigenvalue weighted by Gasteiger charge is -2.34. The molecule has 0 spiro atoms. The number of allylic oxidation sites excluding steroid dienone is 1. The molecule has 0 unspecified atom stereocenters. The van der Waals surface area contributed by atoms with Gasteiger partial charge in [-0.3, -0.25) is 4.79 Å². The summed E-state index contributed by atoms with van der Waals surface area (Å²) in [6.07, 6.45) is 3.46. The summed E-state index contributed by atoms with van der Waals surface area (Å²) in [6.45, 7) is 4.30. The normalized spacial score (nSPS) is 15.8. The molecule has 2 aromatic carbocycles. The number of anilines is 1. The fraction of sp³-hybridized carbons (Fsp3) is 0.250. The van der Waals surface area contributed by atoms with E-state index in [0.29, 0.717) is 10.6 Å². The van der Waals surface area contributed by atoms with E-state index < -0.39 is 0 Å².